The molecule has 0 radical (unpaired) electrons. The summed E-state index contributed by atoms with van der Waals surface area (Å²) in [5.74, 6) is -0.265. The topological polar surface area (TPSA) is 67.3 Å². The van der Waals surface area contributed by atoms with E-state index in [1.165, 1.54) is 0 Å². The number of para-hydroxylation sites is 1. The molecule has 0 aliphatic rings. The van der Waals surface area contributed by atoms with Crippen molar-refractivity contribution in [3.8, 4) is 0 Å². The number of aromatic nitrogens is 1. The summed E-state index contributed by atoms with van der Waals surface area (Å²) in [7, 11) is 0. The molecule has 2 aromatic carbocycles. The molecule has 5 nitrogen and oxygen atoms in total. The molecule has 1 unspecified atom stereocenters. The molecule has 3 aromatic rings. The summed E-state index contributed by atoms with van der Waals surface area (Å²) >= 11 is -0.687. The van der Waals surface area contributed by atoms with Crippen LogP contribution in [0.2, 0.25) is 0 Å². The number of imide groups is 1. The third-order valence-corrected chi connectivity index (χ3v) is 6.03. The van der Waals surface area contributed by atoms with Crippen molar-refractivity contribution in [1.29, 1.82) is 0 Å². The second kappa shape index (κ2) is 7.86. The van der Waals surface area contributed by atoms with Crippen LogP contribution in [0.15, 0.2) is 60.7 Å². The number of amides is 2. The van der Waals surface area contributed by atoms with E-state index < -0.39 is 15.8 Å². The number of carbonyl (C=O) groups is 3. The Morgan fingerprint density at radius 1 is 1.00 bits per heavy atom. The van der Waals surface area contributed by atoms with Crippen LogP contribution in [-0.4, -0.2) is 50.8 Å². The van der Waals surface area contributed by atoms with Gasteiger partial charge in [-0.3, -0.25) is 0 Å². The first-order valence-corrected chi connectivity index (χ1v) is 9.72. The molecule has 0 fully saturated rings. The third kappa shape index (κ3) is 4.20. The van der Waals surface area contributed by atoms with Crippen molar-refractivity contribution in [2.75, 3.05) is 6.54 Å². The van der Waals surface area contributed by atoms with Crippen molar-refractivity contribution in [3.05, 3.63) is 66.2 Å². The van der Waals surface area contributed by atoms with Gasteiger partial charge in [0.05, 0.1) is 0 Å². The van der Waals surface area contributed by atoms with Gasteiger partial charge in [0, 0.05) is 0 Å². The van der Waals surface area contributed by atoms with E-state index in [0.717, 1.165) is 24.6 Å². The summed E-state index contributed by atoms with van der Waals surface area (Å²) in [5.41, 5.74) is 1.46. The van der Waals surface area contributed by atoms with Crippen LogP contribution < -0.4 is 8.83 Å². The van der Waals surface area contributed by atoms with Crippen molar-refractivity contribution in [2.45, 2.75) is 0 Å². The molecule has 0 bridgehead atoms. The predicted molar refractivity (Wildman–Crippen MR) is 97.8 cm³/mol. The van der Waals surface area contributed by atoms with Gasteiger partial charge in [-0.15, -0.1) is 0 Å². The molecule has 1 aromatic heterocycles. The van der Waals surface area contributed by atoms with E-state index in [1.807, 2.05) is 48.5 Å². The molecule has 124 valence electrons. The Balaban J connectivity index is 1.79. The van der Waals surface area contributed by atoms with Crippen molar-refractivity contribution in [2.24, 2.45) is 0 Å². The summed E-state index contributed by atoms with van der Waals surface area (Å²) in [6.07, 6.45) is 0.698. The molecule has 0 aliphatic carbocycles. The molecule has 0 saturated carbocycles. The molecule has 0 spiro atoms. The summed E-state index contributed by atoms with van der Waals surface area (Å²) in [6.45, 7) is -0.245. The molecular weight excluding hydrogens is 379 g/mol. The van der Waals surface area contributed by atoms with E-state index in [1.54, 1.807) is 6.07 Å². The molecule has 2 amide bonds. The number of Topliss-reactive ketones (excluding diaryl/α,β-unsaturated/α-hetero) is 1. The summed E-state index contributed by atoms with van der Waals surface area (Å²) in [6, 6.07) is 19.4. The van der Waals surface area contributed by atoms with E-state index in [-0.39, 0.29) is 12.3 Å². The SMILES string of the molecule is O=CN(C=O)CC(=O)c1cccc([AsH]c2ccc3ccccc3n2)c1. The van der Waals surface area contributed by atoms with Gasteiger partial charge < -0.3 is 0 Å². The Kier molecular flexibility index (Phi) is 5.36. The van der Waals surface area contributed by atoms with Gasteiger partial charge in [-0.2, -0.15) is 0 Å². The minimum atomic E-state index is -0.687. The van der Waals surface area contributed by atoms with E-state index in [0.29, 0.717) is 18.4 Å². The van der Waals surface area contributed by atoms with Crippen LogP contribution in [0.3, 0.4) is 0 Å². The zero-order valence-corrected chi connectivity index (χ0v) is 15.4. The normalized spacial score (nSPS) is 10.9. The Hall–Kier alpha value is -2.78. The summed E-state index contributed by atoms with van der Waals surface area (Å²) in [5, 5.41) is 1.10. The molecule has 6 heteroatoms. The van der Waals surface area contributed by atoms with Crippen LogP contribution >= 0.6 is 0 Å². The fraction of sp³-hybridized carbons (Fsp3) is 0.0526. The van der Waals surface area contributed by atoms with Gasteiger partial charge in [0.2, 0.25) is 0 Å². The first kappa shape index (κ1) is 17.1. The average molecular weight is 394 g/mol. The molecule has 0 N–H and O–H groups in total. The molecule has 3 rings (SSSR count). The second-order valence-electron chi connectivity index (χ2n) is 5.40. The number of ketones is 1. The van der Waals surface area contributed by atoms with Crippen molar-refractivity contribution < 1.29 is 14.4 Å². The van der Waals surface area contributed by atoms with Gasteiger partial charge in [-0.25, -0.2) is 0 Å². The Labute approximate surface area is 151 Å². The van der Waals surface area contributed by atoms with Gasteiger partial charge in [0.25, 0.3) is 0 Å². The molecule has 25 heavy (non-hydrogen) atoms. The van der Waals surface area contributed by atoms with Gasteiger partial charge in [-0.05, 0) is 0 Å². The molecule has 0 aliphatic heterocycles. The average Bonchev–Trinajstić information content (AvgIpc) is 2.66. The van der Waals surface area contributed by atoms with Crippen molar-refractivity contribution in [1.82, 2.24) is 9.88 Å². The monoisotopic (exact) mass is 394 g/mol. The van der Waals surface area contributed by atoms with Crippen LogP contribution in [0.4, 0.5) is 0 Å². The maximum absolute atomic E-state index is 12.2. The van der Waals surface area contributed by atoms with Crippen LogP contribution in [-0.2, 0) is 9.59 Å². The molecule has 1 atom stereocenters. The number of carbonyl (C=O) groups excluding carboxylic acids is 3. The van der Waals surface area contributed by atoms with Crippen LogP contribution in [0.1, 0.15) is 10.4 Å². The number of rotatable bonds is 7. The fourth-order valence-corrected chi connectivity index (χ4v) is 4.61. The zero-order valence-electron chi connectivity index (χ0n) is 13.3. The Bertz CT molecular complexity index is 935. The maximum atomic E-state index is 12.2. The Morgan fingerprint density at radius 3 is 2.60 bits per heavy atom. The number of hydrogen-bond acceptors (Lipinski definition) is 4. The number of pyridine rings is 1. The second-order valence-corrected chi connectivity index (χ2v) is 8.21. The first-order chi connectivity index (χ1) is 12.2. The third-order valence-electron chi connectivity index (χ3n) is 3.65. The first-order valence-electron chi connectivity index (χ1n) is 7.62. The van der Waals surface area contributed by atoms with E-state index in [2.05, 4.69) is 11.1 Å². The zero-order chi connectivity index (χ0) is 17.6. The number of hydrogen-bond donors (Lipinski definition) is 0. The van der Waals surface area contributed by atoms with Crippen LogP contribution in [0.25, 0.3) is 10.9 Å². The van der Waals surface area contributed by atoms with E-state index in [9.17, 15) is 14.4 Å². The standard InChI is InChI=1S/C19H15AsN2O3/c23-12-22(13-24)11-18(25)15-5-3-6-16(10-15)20-19-9-8-14-4-1-2-7-17(14)21-19/h1-10,12-13,20H,11H2. The quantitative estimate of drug-likeness (QED) is 0.331. The number of benzene rings is 2. The predicted octanol–water partition coefficient (Wildman–Crippen LogP) is 0.420. The van der Waals surface area contributed by atoms with Gasteiger partial charge in [-0.1, -0.05) is 0 Å². The van der Waals surface area contributed by atoms with Crippen LogP contribution in [0.5, 0.6) is 0 Å². The fourth-order valence-electron chi connectivity index (χ4n) is 2.41. The Morgan fingerprint density at radius 2 is 1.80 bits per heavy atom. The van der Waals surface area contributed by atoms with E-state index >= 15 is 0 Å². The van der Waals surface area contributed by atoms with Gasteiger partial charge in [0.1, 0.15) is 0 Å². The number of fused-ring (bicyclic) bond motifs is 1. The summed E-state index contributed by atoms with van der Waals surface area (Å²) < 4.78 is 2.10. The number of nitrogens with zero attached hydrogens (tertiary/aromatic N) is 2. The van der Waals surface area contributed by atoms with E-state index in [4.69, 9.17) is 0 Å². The molecule has 0 saturated heterocycles. The van der Waals surface area contributed by atoms with Gasteiger partial charge in [0.15, 0.2) is 0 Å². The van der Waals surface area contributed by atoms with Crippen LogP contribution in [0, 0.1) is 0 Å². The van der Waals surface area contributed by atoms with Gasteiger partial charge >= 0.3 is 151 Å². The summed E-state index contributed by atoms with van der Waals surface area (Å²) in [4.78, 5) is 39.0. The minimum absolute atomic E-state index is 0.245. The molecule has 1 heterocycles. The van der Waals surface area contributed by atoms with Crippen molar-refractivity contribution in [3.63, 3.8) is 0 Å². The molecular formula is C19H15AsN2O3. The van der Waals surface area contributed by atoms with Crippen molar-refractivity contribution >= 4 is 54.1 Å².